The van der Waals surface area contributed by atoms with Gasteiger partial charge in [0.15, 0.2) is 11.4 Å². The van der Waals surface area contributed by atoms with Crippen LogP contribution in [0.4, 0.5) is 0 Å². The third-order valence-electron chi connectivity index (χ3n) is 4.21. The lowest BCUT2D eigenvalue weighted by atomic mass is 10.1. The number of nitrogens with zero attached hydrogens (tertiary/aromatic N) is 5. The molecular weight excluding hydrogens is 318 g/mol. The molecule has 7 heteroatoms. The molecule has 0 radical (unpaired) electrons. The van der Waals surface area contributed by atoms with Crippen molar-refractivity contribution in [1.82, 2.24) is 25.0 Å². The fourth-order valence-electron chi connectivity index (χ4n) is 3.02. The Morgan fingerprint density at radius 3 is 2.60 bits per heavy atom. The average Bonchev–Trinajstić information content (AvgIpc) is 2.98. The van der Waals surface area contributed by atoms with Gasteiger partial charge in [-0.25, -0.2) is 4.68 Å². The van der Waals surface area contributed by atoms with E-state index in [1.165, 1.54) is 0 Å². The minimum absolute atomic E-state index is 0.615. The number of hydrogen-bond acceptors (Lipinski definition) is 6. The molecule has 0 saturated heterocycles. The zero-order valence-corrected chi connectivity index (χ0v) is 14.4. The third kappa shape index (κ3) is 2.36. The summed E-state index contributed by atoms with van der Waals surface area (Å²) in [5.41, 5.74) is 4.12. The molecule has 0 atom stereocenters. The maximum absolute atomic E-state index is 5.47. The van der Waals surface area contributed by atoms with E-state index >= 15 is 0 Å². The molecule has 0 bridgehead atoms. The summed E-state index contributed by atoms with van der Waals surface area (Å²) < 4.78 is 12.6. The van der Waals surface area contributed by atoms with Crippen molar-refractivity contribution in [2.75, 3.05) is 14.2 Å². The molecule has 0 fully saturated rings. The van der Waals surface area contributed by atoms with Gasteiger partial charge in [0.1, 0.15) is 17.0 Å². The average molecular weight is 335 g/mol. The maximum Gasteiger partial charge on any atom is 0.181 e. The fraction of sp³-hybridized carbons (Fsp3) is 0.222. The van der Waals surface area contributed by atoms with Gasteiger partial charge < -0.3 is 9.47 Å². The van der Waals surface area contributed by atoms with Crippen LogP contribution in [0.3, 0.4) is 0 Å². The Morgan fingerprint density at radius 2 is 1.88 bits per heavy atom. The molecule has 3 aromatic heterocycles. The number of benzene rings is 1. The van der Waals surface area contributed by atoms with Gasteiger partial charge in [0.25, 0.3) is 0 Å². The maximum atomic E-state index is 5.47. The van der Waals surface area contributed by atoms with E-state index in [4.69, 9.17) is 9.47 Å². The first kappa shape index (κ1) is 15.3. The number of pyridine rings is 1. The summed E-state index contributed by atoms with van der Waals surface area (Å²) in [5.74, 6) is 1.31. The molecule has 7 nitrogen and oxygen atoms in total. The van der Waals surface area contributed by atoms with Crippen molar-refractivity contribution >= 4 is 21.9 Å². The molecule has 25 heavy (non-hydrogen) atoms. The number of aromatic nitrogens is 5. The minimum atomic E-state index is 0.615. The molecule has 0 aliphatic carbocycles. The molecule has 1 aromatic carbocycles. The number of hydrogen-bond donors (Lipinski definition) is 0. The van der Waals surface area contributed by atoms with Crippen LogP contribution in [0, 0.1) is 6.92 Å². The third-order valence-corrected chi connectivity index (χ3v) is 4.21. The fourth-order valence-corrected chi connectivity index (χ4v) is 3.02. The van der Waals surface area contributed by atoms with Crippen molar-refractivity contribution < 1.29 is 9.47 Å². The lowest BCUT2D eigenvalue weighted by Crippen LogP contribution is -1.96. The van der Waals surface area contributed by atoms with Crippen molar-refractivity contribution in [2.24, 2.45) is 7.05 Å². The van der Waals surface area contributed by atoms with Crippen molar-refractivity contribution in [3.05, 3.63) is 36.2 Å². The van der Waals surface area contributed by atoms with Crippen LogP contribution >= 0.6 is 0 Å². The van der Waals surface area contributed by atoms with Gasteiger partial charge in [-0.3, -0.25) is 4.98 Å². The monoisotopic (exact) mass is 335 g/mol. The second-order valence-corrected chi connectivity index (χ2v) is 5.78. The molecule has 0 aliphatic heterocycles. The topological polar surface area (TPSA) is 75.0 Å². The highest BCUT2D eigenvalue weighted by molar-refractivity contribution is 6.11. The molecule has 3 heterocycles. The lowest BCUT2D eigenvalue weighted by Gasteiger charge is -2.09. The zero-order chi connectivity index (χ0) is 17.6. The SMILES string of the molecule is COc1cc(OC)c2nnc3c(c(-c4ccnc(C)c4)nn3C)c2c1. The van der Waals surface area contributed by atoms with Gasteiger partial charge in [-0.15, -0.1) is 10.2 Å². The highest BCUT2D eigenvalue weighted by Crippen LogP contribution is 2.37. The molecule has 0 saturated carbocycles. The van der Waals surface area contributed by atoms with E-state index in [2.05, 4.69) is 20.3 Å². The first-order valence-corrected chi connectivity index (χ1v) is 7.80. The van der Waals surface area contributed by atoms with E-state index in [0.29, 0.717) is 22.7 Å². The quantitative estimate of drug-likeness (QED) is 0.573. The predicted octanol–water partition coefficient (Wildman–Crippen LogP) is 2.90. The van der Waals surface area contributed by atoms with E-state index in [0.717, 1.165) is 27.7 Å². The summed E-state index contributed by atoms with van der Waals surface area (Å²) in [4.78, 5) is 4.27. The Bertz CT molecular complexity index is 1100. The van der Waals surface area contributed by atoms with Crippen molar-refractivity contribution in [2.45, 2.75) is 6.92 Å². The number of rotatable bonds is 3. The molecule has 4 rings (SSSR count). The van der Waals surface area contributed by atoms with E-state index in [1.807, 2.05) is 32.2 Å². The number of fused-ring (bicyclic) bond motifs is 3. The first-order valence-electron chi connectivity index (χ1n) is 7.80. The Balaban J connectivity index is 2.16. The second-order valence-electron chi connectivity index (χ2n) is 5.78. The predicted molar refractivity (Wildman–Crippen MR) is 94.9 cm³/mol. The molecule has 0 unspecified atom stereocenters. The van der Waals surface area contributed by atoms with E-state index in [1.54, 1.807) is 31.2 Å². The summed E-state index contributed by atoms with van der Waals surface area (Å²) >= 11 is 0. The summed E-state index contributed by atoms with van der Waals surface area (Å²) in [5, 5.41) is 15.2. The van der Waals surface area contributed by atoms with E-state index < -0.39 is 0 Å². The Labute approximate surface area is 144 Å². The molecule has 0 aliphatic rings. The number of aryl methyl sites for hydroxylation is 2. The molecule has 0 spiro atoms. The van der Waals surface area contributed by atoms with Gasteiger partial charge in [0.05, 0.1) is 19.6 Å². The normalized spacial score (nSPS) is 11.2. The van der Waals surface area contributed by atoms with Crippen molar-refractivity contribution in [3.63, 3.8) is 0 Å². The van der Waals surface area contributed by atoms with Crippen molar-refractivity contribution in [3.8, 4) is 22.8 Å². The largest absolute Gasteiger partial charge is 0.497 e. The smallest absolute Gasteiger partial charge is 0.181 e. The van der Waals surface area contributed by atoms with Crippen LogP contribution in [0.2, 0.25) is 0 Å². The van der Waals surface area contributed by atoms with Crippen LogP contribution in [-0.4, -0.2) is 39.2 Å². The highest BCUT2D eigenvalue weighted by Gasteiger charge is 2.19. The van der Waals surface area contributed by atoms with Crippen LogP contribution in [0.5, 0.6) is 11.5 Å². The molecule has 126 valence electrons. The van der Waals surface area contributed by atoms with Gasteiger partial charge in [0.2, 0.25) is 0 Å². The number of ether oxygens (including phenoxy) is 2. The van der Waals surface area contributed by atoms with Gasteiger partial charge in [-0.1, -0.05) is 0 Å². The molecule has 0 amide bonds. The highest BCUT2D eigenvalue weighted by atomic mass is 16.5. The summed E-state index contributed by atoms with van der Waals surface area (Å²) in [6, 6.07) is 7.69. The Hall–Kier alpha value is -3.22. The van der Waals surface area contributed by atoms with Gasteiger partial charge in [0, 0.05) is 36.0 Å². The summed E-state index contributed by atoms with van der Waals surface area (Å²) in [7, 11) is 5.09. The first-order chi connectivity index (χ1) is 12.1. The molecule has 4 aromatic rings. The minimum Gasteiger partial charge on any atom is -0.497 e. The van der Waals surface area contributed by atoms with Crippen LogP contribution in [0.1, 0.15) is 5.69 Å². The van der Waals surface area contributed by atoms with Gasteiger partial charge in [-0.2, -0.15) is 5.10 Å². The van der Waals surface area contributed by atoms with Gasteiger partial charge >= 0.3 is 0 Å². The van der Waals surface area contributed by atoms with Crippen LogP contribution in [0.25, 0.3) is 33.2 Å². The molecular formula is C18H17N5O2. The van der Waals surface area contributed by atoms with Crippen LogP contribution in [0.15, 0.2) is 30.5 Å². The van der Waals surface area contributed by atoms with E-state index in [-0.39, 0.29) is 0 Å². The second kappa shape index (κ2) is 5.70. The summed E-state index contributed by atoms with van der Waals surface area (Å²) in [6.07, 6.45) is 1.78. The lowest BCUT2D eigenvalue weighted by molar-refractivity contribution is 0.397. The van der Waals surface area contributed by atoms with Crippen molar-refractivity contribution in [1.29, 1.82) is 0 Å². The Kier molecular flexibility index (Phi) is 3.49. The summed E-state index contributed by atoms with van der Waals surface area (Å²) in [6.45, 7) is 1.96. The molecule has 0 N–H and O–H groups in total. The van der Waals surface area contributed by atoms with Crippen LogP contribution < -0.4 is 9.47 Å². The van der Waals surface area contributed by atoms with Crippen LogP contribution in [-0.2, 0) is 7.05 Å². The van der Waals surface area contributed by atoms with Gasteiger partial charge in [-0.05, 0) is 25.1 Å². The standard InChI is InChI=1S/C18H17N5O2/c1-10-7-11(5-6-19-10)16-15-13-8-12(24-3)9-14(25-4)17(13)20-21-18(15)23(2)22-16/h5-9H,1-4H3. The number of methoxy groups -OCH3 is 2. The van der Waals surface area contributed by atoms with E-state index in [9.17, 15) is 0 Å². The Morgan fingerprint density at radius 1 is 1.04 bits per heavy atom. The zero-order valence-electron chi connectivity index (χ0n) is 14.4.